The number of amides is 1. The van der Waals surface area contributed by atoms with E-state index in [1.165, 1.54) is 0 Å². The first kappa shape index (κ1) is 14.3. The van der Waals surface area contributed by atoms with Crippen LogP contribution in [0, 0.1) is 11.8 Å². The van der Waals surface area contributed by atoms with Gasteiger partial charge in [-0.3, -0.25) is 4.79 Å². The van der Waals surface area contributed by atoms with E-state index in [0.717, 1.165) is 37.7 Å². The molecule has 0 saturated heterocycles. The van der Waals surface area contributed by atoms with E-state index in [0.29, 0.717) is 11.8 Å². The Bertz CT molecular complexity index is 493. The van der Waals surface area contributed by atoms with Crippen LogP contribution in [0.3, 0.4) is 0 Å². The van der Waals surface area contributed by atoms with Gasteiger partial charge >= 0.3 is 0 Å². The van der Waals surface area contributed by atoms with Gasteiger partial charge in [0.1, 0.15) is 0 Å². The number of aliphatic hydroxyl groups excluding tert-OH is 1. The van der Waals surface area contributed by atoms with E-state index in [1.807, 2.05) is 12.1 Å². The van der Waals surface area contributed by atoms with Gasteiger partial charge in [0.25, 0.3) is 0 Å². The van der Waals surface area contributed by atoms with Gasteiger partial charge in [-0.05, 0) is 37.2 Å². The molecule has 0 bridgehead atoms. The molecule has 5 nitrogen and oxygen atoms in total. The molecule has 2 fully saturated rings. The predicted octanol–water partition coefficient (Wildman–Crippen LogP) is 1.82. The van der Waals surface area contributed by atoms with Crippen LogP contribution >= 0.6 is 0 Å². The Morgan fingerprint density at radius 1 is 1.43 bits per heavy atom. The highest BCUT2D eigenvalue weighted by Gasteiger charge is 2.37. The van der Waals surface area contributed by atoms with E-state index in [4.69, 9.17) is 4.74 Å². The molecule has 0 spiro atoms. The van der Waals surface area contributed by atoms with Crippen molar-refractivity contribution in [3.05, 3.63) is 23.9 Å². The number of pyridine rings is 1. The molecule has 21 heavy (non-hydrogen) atoms. The number of rotatable bonds is 5. The van der Waals surface area contributed by atoms with Crippen LogP contribution < -0.4 is 10.1 Å². The minimum atomic E-state index is -0.232. The number of methoxy groups -OCH3 is 1. The average Bonchev–Trinajstić information content (AvgIpc) is 2.40. The fourth-order valence-electron chi connectivity index (χ4n) is 3.01. The highest BCUT2D eigenvalue weighted by Crippen LogP contribution is 2.39. The second-order valence-electron chi connectivity index (χ2n) is 6.13. The summed E-state index contributed by atoms with van der Waals surface area (Å²) in [6.45, 7) is 0. The van der Waals surface area contributed by atoms with Gasteiger partial charge in [-0.15, -0.1) is 0 Å². The van der Waals surface area contributed by atoms with Crippen LogP contribution in [0.2, 0.25) is 0 Å². The predicted molar refractivity (Wildman–Crippen MR) is 77.7 cm³/mol. The van der Waals surface area contributed by atoms with Gasteiger partial charge in [-0.2, -0.15) is 0 Å². The summed E-state index contributed by atoms with van der Waals surface area (Å²) in [5.74, 6) is 1.17. The Kier molecular flexibility index (Phi) is 4.10. The smallest absolute Gasteiger partial charge is 0.223 e. The molecule has 0 aliphatic heterocycles. The Balaban J connectivity index is 1.72. The maximum atomic E-state index is 12.2. The lowest BCUT2D eigenvalue weighted by Gasteiger charge is -2.39. The van der Waals surface area contributed by atoms with Crippen LogP contribution in [-0.2, 0) is 4.79 Å². The van der Waals surface area contributed by atoms with Gasteiger partial charge in [0, 0.05) is 18.2 Å². The molecule has 2 saturated carbocycles. The fourth-order valence-corrected chi connectivity index (χ4v) is 3.01. The molecule has 114 valence electrons. The Hall–Kier alpha value is -1.62. The van der Waals surface area contributed by atoms with Crippen LogP contribution in [0.1, 0.15) is 43.7 Å². The van der Waals surface area contributed by atoms with Crippen LogP contribution in [-0.4, -0.2) is 29.2 Å². The van der Waals surface area contributed by atoms with Crippen molar-refractivity contribution in [1.82, 2.24) is 10.3 Å². The minimum Gasteiger partial charge on any atom is -0.481 e. The molecule has 1 atom stereocenters. The minimum absolute atomic E-state index is 0.0556. The number of carbonyl (C=O) groups excluding carboxylic acids is 1. The number of aromatic nitrogens is 1. The summed E-state index contributed by atoms with van der Waals surface area (Å²) in [6.07, 6.45) is 6.14. The third-order valence-electron chi connectivity index (χ3n) is 4.72. The normalized spacial score (nSPS) is 26.4. The summed E-state index contributed by atoms with van der Waals surface area (Å²) in [4.78, 5) is 16.5. The molecule has 1 aromatic heterocycles. The lowest BCUT2D eigenvalue weighted by molar-refractivity contribution is -0.129. The zero-order chi connectivity index (χ0) is 14.8. The Morgan fingerprint density at radius 3 is 2.67 bits per heavy atom. The SMILES string of the molecule is COc1ccc(C(NC(=O)C2CCC2)C2CC(O)C2)cn1. The number of aliphatic hydroxyl groups is 1. The molecule has 1 heterocycles. The summed E-state index contributed by atoms with van der Waals surface area (Å²) in [5.41, 5.74) is 0.986. The van der Waals surface area contributed by atoms with E-state index >= 15 is 0 Å². The average molecular weight is 290 g/mol. The van der Waals surface area contributed by atoms with Gasteiger partial charge in [-0.25, -0.2) is 4.98 Å². The van der Waals surface area contributed by atoms with Gasteiger partial charge in [-0.1, -0.05) is 12.5 Å². The number of carbonyl (C=O) groups is 1. The largest absolute Gasteiger partial charge is 0.481 e. The van der Waals surface area contributed by atoms with Gasteiger partial charge in [0.15, 0.2) is 0 Å². The lowest BCUT2D eigenvalue weighted by Crippen LogP contribution is -2.44. The second kappa shape index (κ2) is 6.02. The molecule has 1 amide bonds. The van der Waals surface area contributed by atoms with Crippen LogP contribution in [0.4, 0.5) is 0 Å². The number of hydrogen-bond acceptors (Lipinski definition) is 4. The fraction of sp³-hybridized carbons (Fsp3) is 0.625. The van der Waals surface area contributed by atoms with Gasteiger partial charge < -0.3 is 15.2 Å². The summed E-state index contributed by atoms with van der Waals surface area (Å²) in [5, 5.41) is 12.7. The molecule has 1 unspecified atom stereocenters. The first-order chi connectivity index (χ1) is 10.2. The summed E-state index contributed by atoms with van der Waals surface area (Å²) < 4.78 is 5.07. The van der Waals surface area contributed by atoms with Crippen molar-refractivity contribution in [2.75, 3.05) is 7.11 Å². The number of nitrogens with one attached hydrogen (secondary N) is 1. The molecule has 5 heteroatoms. The summed E-state index contributed by atoms with van der Waals surface area (Å²) in [7, 11) is 1.58. The van der Waals surface area contributed by atoms with Crippen molar-refractivity contribution in [1.29, 1.82) is 0 Å². The standard InChI is InChI=1S/C16H22N2O3/c1-21-14-6-5-11(9-17-14)15(12-7-13(19)8-12)18-16(20)10-3-2-4-10/h5-6,9-10,12-13,15,19H,2-4,7-8H2,1H3,(H,18,20). The van der Waals surface area contributed by atoms with Crippen LogP contribution in [0.15, 0.2) is 18.3 Å². The number of ether oxygens (including phenoxy) is 1. The quantitative estimate of drug-likeness (QED) is 0.867. The zero-order valence-corrected chi connectivity index (χ0v) is 12.3. The van der Waals surface area contributed by atoms with Crippen molar-refractivity contribution >= 4 is 5.91 Å². The molecule has 0 aromatic carbocycles. The Morgan fingerprint density at radius 2 is 2.19 bits per heavy atom. The highest BCUT2D eigenvalue weighted by molar-refractivity contribution is 5.79. The molecule has 2 aliphatic rings. The molecular weight excluding hydrogens is 268 g/mol. The van der Waals surface area contributed by atoms with Crippen LogP contribution in [0.5, 0.6) is 5.88 Å². The number of nitrogens with zero attached hydrogens (tertiary/aromatic N) is 1. The van der Waals surface area contributed by atoms with Crippen molar-refractivity contribution in [3.63, 3.8) is 0 Å². The zero-order valence-electron chi connectivity index (χ0n) is 12.3. The molecular formula is C16H22N2O3. The molecule has 3 rings (SSSR count). The maximum Gasteiger partial charge on any atom is 0.223 e. The topological polar surface area (TPSA) is 71.5 Å². The highest BCUT2D eigenvalue weighted by atomic mass is 16.5. The lowest BCUT2D eigenvalue weighted by atomic mass is 9.74. The first-order valence-corrected chi connectivity index (χ1v) is 7.65. The third kappa shape index (κ3) is 3.02. The first-order valence-electron chi connectivity index (χ1n) is 7.65. The molecule has 2 aliphatic carbocycles. The van der Waals surface area contributed by atoms with E-state index in [9.17, 15) is 9.90 Å². The molecule has 0 radical (unpaired) electrons. The summed E-state index contributed by atoms with van der Waals surface area (Å²) >= 11 is 0. The van der Waals surface area contributed by atoms with Crippen LogP contribution in [0.25, 0.3) is 0 Å². The molecule has 2 N–H and O–H groups in total. The van der Waals surface area contributed by atoms with E-state index in [1.54, 1.807) is 13.3 Å². The third-order valence-corrected chi connectivity index (χ3v) is 4.72. The van der Waals surface area contributed by atoms with E-state index in [2.05, 4.69) is 10.3 Å². The maximum absolute atomic E-state index is 12.2. The van der Waals surface area contributed by atoms with Crippen molar-refractivity contribution in [2.45, 2.75) is 44.2 Å². The monoisotopic (exact) mass is 290 g/mol. The van der Waals surface area contributed by atoms with Crippen molar-refractivity contribution in [2.24, 2.45) is 11.8 Å². The molecule has 1 aromatic rings. The van der Waals surface area contributed by atoms with Gasteiger partial charge in [0.05, 0.1) is 19.3 Å². The second-order valence-corrected chi connectivity index (χ2v) is 6.13. The van der Waals surface area contributed by atoms with Gasteiger partial charge in [0.2, 0.25) is 11.8 Å². The van der Waals surface area contributed by atoms with E-state index in [-0.39, 0.29) is 24.0 Å². The number of hydrogen-bond donors (Lipinski definition) is 2. The van der Waals surface area contributed by atoms with Crippen molar-refractivity contribution < 1.29 is 14.6 Å². The Labute approximate surface area is 124 Å². The van der Waals surface area contributed by atoms with Crippen molar-refractivity contribution in [3.8, 4) is 5.88 Å². The summed E-state index contributed by atoms with van der Waals surface area (Å²) in [6, 6.07) is 3.70. The van der Waals surface area contributed by atoms with E-state index < -0.39 is 0 Å².